The van der Waals surface area contributed by atoms with Gasteiger partial charge in [-0.05, 0) is 50.1 Å². The van der Waals surface area contributed by atoms with Gasteiger partial charge in [0.05, 0.1) is 16.8 Å². The summed E-state index contributed by atoms with van der Waals surface area (Å²) >= 11 is 0. The number of nitrogens with one attached hydrogen (secondary N) is 1. The SMILES string of the molecule is CC1CCC(C(=O)NCc2cc(-c3cnc(C(F)(F)F)nc3)ncc2OOC(F)(F)F)N1S(=O)(=O)c1ccc(F)cc1. The highest BCUT2D eigenvalue weighted by molar-refractivity contribution is 7.89. The Bertz CT molecular complexity index is 1540. The van der Waals surface area contributed by atoms with E-state index >= 15 is 0 Å². The summed E-state index contributed by atoms with van der Waals surface area (Å²) in [5.74, 6) is -3.49. The third kappa shape index (κ3) is 7.11. The number of nitrogens with zero attached hydrogens (tertiary/aromatic N) is 4. The molecule has 0 radical (unpaired) electrons. The van der Waals surface area contributed by atoms with E-state index in [1.807, 2.05) is 0 Å². The topological polar surface area (TPSA) is 124 Å². The van der Waals surface area contributed by atoms with Crippen LogP contribution in [0.25, 0.3) is 11.3 Å². The molecule has 0 saturated carbocycles. The van der Waals surface area contributed by atoms with E-state index in [4.69, 9.17) is 0 Å². The predicted octanol–water partition coefficient (Wildman–Crippen LogP) is 4.38. The van der Waals surface area contributed by atoms with E-state index in [0.717, 1.165) is 53.2 Å². The number of benzene rings is 1. The van der Waals surface area contributed by atoms with Gasteiger partial charge >= 0.3 is 12.5 Å². The van der Waals surface area contributed by atoms with Crippen molar-refractivity contribution in [1.29, 1.82) is 0 Å². The molecule has 10 nitrogen and oxygen atoms in total. The van der Waals surface area contributed by atoms with E-state index in [9.17, 15) is 43.9 Å². The molecule has 1 aromatic carbocycles. The molecule has 2 atom stereocenters. The van der Waals surface area contributed by atoms with E-state index in [1.165, 1.54) is 0 Å². The minimum absolute atomic E-state index is 0.0416. The minimum atomic E-state index is -5.21. The second-order valence-corrected chi connectivity index (χ2v) is 10.9. The molecule has 2 unspecified atom stereocenters. The van der Waals surface area contributed by atoms with Gasteiger partial charge in [-0.15, -0.1) is 13.2 Å². The van der Waals surface area contributed by atoms with Crippen LogP contribution in [-0.2, 0) is 32.4 Å². The average molecular weight is 624 g/mol. The summed E-state index contributed by atoms with van der Waals surface area (Å²) < 4.78 is 117. The molecule has 3 heterocycles. The molecular weight excluding hydrogens is 603 g/mol. The van der Waals surface area contributed by atoms with Crippen LogP contribution in [-0.4, -0.2) is 52.0 Å². The lowest BCUT2D eigenvalue weighted by atomic mass is 10.1. The molecular formula is C24H20F7N5O5S. The molecule has 0 bridgehead atoms. The predicted molar refractivity (Wildman–Crippen MR) is 128 cm³/mol. The third-order valence-corrected chi connectivity index (χ3v) is 8.16. The van der Waals surface area contributed by atoms with Crippen molar-refractivity contribution in [2.75, 3.05) is 0 Å². The number of hydrogen-bond acceptors (Lipinski definition) is 8. The number of amides is 1. The maximum Gasteiger partial charge on any atom is 0.558 e. The number of aromatic nitrogens is 3. The summed E-state index contributed by atoms with van der Waals surface area (Å²) in [6, 6.07) is 3.30. The summed E-state index contributed by atoms with van der Waals surface area (Å²) in [5.41, 5.74) is -0.279. The highest BCUT2D eigenvalue weighted by atomic mass is 32.2. The summed E-state index contributed by atoms with van der Waals surface area (Å²) in [7, 11) is -4.24. The molecule has 1 aliphatic heterocycles. The summed E-state index contributed by atoms with van der Waals surface area (Å²) in [4.78, 5) is 30.9. The fraction of sp³-hybridized carbons (Fsp3) is 0.333. The minimum Gasteiger partial charge on any atom is -0.350 e. The van der Waals surface area contributed by atoms with Crippen LogP contribution in [0.1, 0.15) is 31.2 Å². The van der Waals surface area contributed by atoms with Gasteiger partial charge in [-0.3, -0.25) is 9.78 Å². The fourth-order valence-corrected chi connectivity index (χ4v) is 6.03. The smallest absolute Gasteiger partial charge is 0.350 e. The van der Waals surface area contributed by atoms with Crippen molar-refractivity contribution in [3.63, 3.8) is 0 Å². The Morgan fingerprint density at radius 1 is 1.02 bits per heavy atom. The van der Waals surface area contributed by atoms with Crippen LogP contribution in [0.3, 0.4) is 0 Å². The molecule has 1 saturated heterocycles. The number of carbonyl (C=O) groups excluding carboxylic acids is 1. The molecule has 18 heteroatoms. The van der Waals surface area contributed by atoms with Gasteiger partial charge in [-0.1, -0.05) is 4.89 Å². The van der Waals surface area contributed by atoms with Crippen LogP contribution in [0, 0.1) is 5.82 Å². The standard InChI is InChI=1S/C24H20F7N5O5S/c1-13-2-7-19(36(13)42(38,39)17-5-3-16(25)4-6-17)21(37)33-9-14-8-18(32-12-20(14)40-41-24(29,30)31)15-10-34-22(35-11-15)23(26,27)28/h3-6,8,10-13,19H,2,7,9H2,1H3,(H,33,37). The Balaban J connectivity index is 1.58. The molecule has 1 fully saturated rings. The first-order chi connectivity index (χ1) is 19.6. The molecule has 1 amide bonds. The zero-order valence-corrected chi connectivity index (χ0v) is 22.1. The first-order valence-electron chi connectivity index (χ1n) is 11.9. The van der Waals surface area contributed by atoms with Crippen molar-refractivity contribution in [3.05, 3.63) is 66.1 Å². The zero-order valence-electron chi connectivity index (χ0n) is 21.3. The number of sulfonamides is 1. The highest BCUT2D eigenvalue weighted by Gasteiger charge is 2.43. The lowest BCUT2D eigenvalue weighted by molar-refractivity contribution is -0.445. The summed E-state index contributed by atoms with van der Waals surface area (Å²) in [5, 5.41) is 2.44. The molecule has 0 spiro atoms. The molecule has 4 rings (SSSR count). The Hall–Kier alpha value is -3.90. The Morgan fingerprint density at radius 3 is 2.26 bits per heavy atom. The molecule has 42 heavy (non-hydrogen) atoms. The number of pyridine rings is 1. The Morgan fingerprint density at radius 2 is 1.67 bits per heavy atom. The zero-order chi connectivity index (χ0) is 30.9. The molecule has 1 aliphatic rings. The van der Waals surface area contributed by atoms with Crippen LogP contribution >= 0.6 is 0 Å². The van der Waals surface area contributed by atoms with Crippen molar-refractivity contribution in [2.24, 2.45) is 0 Å². The van der Waals surface area contributed by atoms with Gasteiger partial charge < -0.3 is 10.2 Å². The molecule has 226 valence electrons. The van der Waals surface area contributed by atoms with Crippen LogP contribution < -0.4 is 10.2 Å². The van der Waals surface area contributed by atoms with Crippen molar-refractivity contribution < 1.29 is 53.7 Å². The lowest BCUT2D eigenvalue weighted by Gasteiger charge is -2.27. The first-order valence-corrected chi connectivity index (χ1v) is 13.4. The van der Waals surface area contributed by atoms with E-state index < -0.39 is 64.5 Å². The monoisotopic (exact) mass is 623 g/mol. The fourth-order valence-electron chi connectivity index (χ4n) is 4.19. The van der Waals surface area contributed by atoms with Crippen molar-refractivity contribution in [1.82, 2.24) is 24.6 Å². The second-order valence-electron chi connectivity index (χ2n) is 9.03. The molecule has 2 aromatic heterocycles. The molecule has 3 aromatic rings. The lowest BCUT2D eigenvalue weighted by Crippen LogP contribution is -2.48. The third-order valence-electron chi connectivity index (χ3n) is 6.12. The quantitative estimate of drug-likeness (QED) is 0.223. The number of rotatable bonds is 8. The number of hydrogen-bond donors (Lipinski definition) is 1. The summed E-state index contributed by atoms with van der Waals surface area (Å²) in [6.07, 6.45) is -7.24. The van der Waals surface area contributed by atoms with Crippen molar-refractivity contribution >= 4 is 15.9 Å². The number of alkyl halides is 6. The molecule has 0 aliphatic carbocycles. The first kappa shape index (κ1) is 31.0. The number of halogens is 7. The Labute approximate surface area is 233 Å². The molecule has 1 N–H and O–H groups in total. The van der Waals surface area contributed by atoms with Gasteiger partial charge in [-0.25, -0.2) is 22.8 Å². The van der Waals surface area contributed by atoms with Gasteiger partial charge in [0, 0.05) is 36.1 Å². The largest absolute Gasteiger partial charge is 0.558 e. The Kier molecular flexibility index (Phi) is 8.70. The summed E-state index contributed by atoms with van der Waals surface area (Å²) in [6.45, 7) is 1.05. The van der Waals surface area contributed by atoms with E-state index in [0.29, 0.717) is 6.42 Å². The maximum atomic E-state index is 13.3. The van der Waals surface area contributed by atoms with E-state index in [2.05, 4.69) is 30.0 Å². The van der Waals surface area contributed by atoms with Crippen LogP contribution in [0.15, 0.2) is 53.8 Å². The average Bonchev–Trinajstić information content (AvgIpc) is 3.32. The van der Waals surface area contributed by atoms with E-state index in [1.54, 1.807) is 6.92 Å². The van der Waals surface area contributed by atoms with Gasteiger partial charge in [0.1, 0.15) is 11.9 Å². The second kappa shape index (κ2) is 11.8. The van der Waals surface area contributed by atoms with Crippen molar-refractivity contribution in [3.8, 4) is 17.0 Å². The van der Waals surface area contributed by atoms with Gasteiger partial charge in [-0.2, -0.15) is 17.5 Å². The van der Waals surface area contributed by atoms with E-state index in [-0.39, 0.29) is 28.1 Å². The van der Waals surface area contributed by atoms with Gasteiger partial charge in [0.25, 0.3) is 0 Å². The van der Waals surface area contributed by atoms with Crippen LogP contribution in [0.2, 0.25) is 0 Å². The van der Waals surface area contributed by atoms with Crippen LogP contribution in [0.4, 0.5) is 30.7 Å². The van der Waals surface area contributed by atoms with Crippen LogP contribution in [0.5, 0.6) is 5.75 Å². The highest BCUT2D eigenvalue weighted by Crippen LogP contribution is 2.32. The van der Waals surface area contributed by atoms with Gasteiger partial charge in [0.15, 0.2) is 5.75 Å². The number of carbonyl (C=O) groups is 1. The maximum absolute atomic E-state index is 13.3. The van der Waals surface area contributed by atoms with Gasteiger partial charge in [0.2, 0.25) is 21.8 Å². The van der Waals surface area contributed by atoms with Crippen molar-refractivity contribution in [2.45, 2.75) is 55.8 Å². The normalized spacial score (nSPS) is 18.2.